The SMILES string of the molecule is N#CC=Cc1ccc(Cl)c(Br)c1. The van der Waals surface area contributed by atoms with E-state index < -0.39 is 0 Å². The minimum atomic E-state index is 0.670. The second-order valence-corrected chi connectivity index (χ2v) is 3.40. The Bertz CT molecular complexity index is 352. The molecule has 12 heavy (non-hydrogen) atoms. The normalized spacial score (nSPS) is 10.1. The summed E-state index contributed by atoms with van der Waals surface area (Å²) < 4.78 is 0.837. The number of allylic oxidation sites excluding steroid dienone is 1. The van der Waals surface area contributed by atoms with E-state index in [0.29, 0.717) is 5.02 Å². The summed E-state index contributed by atoms with van der Waals surface area (Å²) in [4.78, 5) is 0. The van der Waals surface area contributed by atoms with Gasteiger partial charge in [0.05, 0.1) is 11.1 Å². The molecule has 0 saturated carbocycles. The van der Waals surface area contributed by atoms with Crippen molar-refractivity contribution >= 4 is 33.6 Å². The Morgan fingerprint density at radius 1 is 1.50 bits per heavy atom. The lowest BCUT2D eigenvalue weighted by atomic mass is 10.2. The number of hydrogen-bond donors (Lipinski definition) is 0. The van der Waals surface area contributed by atoms with Crippen molar-refractivity contribution in [1.82, 2.24) is 0 Å². The van der Waals surface area contributed by atoms with Gasteiger partial charge in [0.25, 0.3) is 0 Å². The number of benzene rings is 1. The van der Waals surface area contributed by atoms with Gasteiger partial charge >= 0.3 is 0 Å². The molecule has 1 rings (SSSR count). The van der Waals surface area contributed by atoms with Crippen molar-refractivity contribution in [3.8, 4) is 6.07 Å². The lowest BCUT2D eigenvalue weighted by Gasteiger charge is -1.96. The second kappa shape index (κ2) is 4.30. The van der Waals surface area contributed by atoms with Crippen LogP contribution in [0.25, 0.3) is 6.08 Å². The van der Waals surface area contributed by atoms with Crippen molar-refractivity contribution in [1.29, 1.82) is 5.26 Å². The van der Waals surface area contributed by atoms with Crippen LogP contribution in [-0.4, -0.2) is 0 Å². The van der Waals surface area contributed by atoms with Crippen LogP contribution in [0.1, 0.15) is 5.56 Å². The first-order valence-corrected chi connectivity index (χ1v) is 4.42. The number of nitriles is 1. The fourth-order valence-corrected chi connectivity index (χ4v) is 1.26. The van der Waals surface area contributed by atoms with Crippen LogP contribution in [0.5, 0.6) is 0 Å². The molecule has 0 atom stereocenters. The van der Waals surface area contributed by atoms with E-state index >= 15 is 0 Å². The number of halogens is 2. The molecule has 1 aromatic rings. The van der Waals surface area contributed by atoms with Crippen LogP contribution in [0.3, 0.4) is 0 Å². The van der Waals surface area contributed by atoms with E-state index in [1.165, 1.54) is 6.08 Å². The van der Waals surface area contributed by atoms with Crippen LogP contribution in [0.2, 0.25) is 5.02 Å². The molecule has 0 aliphatic heterocycles. The number of hydrogen-bond acceptors (Lipinski definition) is 1. The summed E-state index contributed by atoms with van der Waals surface area (Å²) in [6.07, 6.45) is 3.15. The van der Waals surface area contributed by atoms with Crippen LogP contribution in [0, 0.1) is 11.3 Å². The highest BCUT2D eigenvalue weighted by molar-refractivity contribution is 9.10. The van der Waals surface area contributed by atoms with Gasteiger partial charge in [-0.15, -0.1) is 0 Å². The van der Waals surface area contributed by atoms with Crippen molar-refractivity contribution in [3.05, 3.63) is 39.3 Å². The Hall–Kier alpha value is -0.780. The van der Waals surface area contributed by atoms with Gasteiger partial charge < -0.3 is 0 Å². The van der Waals surface area contributed by atoms with Gasteiger partial charge in [-0.05, 0) is 39.7 Å². The van der Waals surface area contributed by atoms with Crippen LogP contribution in [0.15, 0.2) is 28.7 Å². The first-order chi connectivity index (χ1) is 5.74. The zero-order valence-corrected chi connectivity index (χ0v) is 8.43. The summed E-state index contributed by atoms with van der Waals surface area (Å²) in [5, 5.41) is 8.95. The van der Waals surface area contributed by atoms with Gasteiger partial charge in [0, 0.05) is 10.5 Å². The molecule has 0 saturated heterocycles. The molecule has 0 bridgehead atoms. The molecule has 0 aliphatic rings. The zero-order valence-electron chi connectivity index (χ0n) is 6.09. The van der Waals surface area contributed by atoms with Crippen molar-refractivity contribution in [2.24, 2.45) is 0 Å². The third-order valence-corrected chi connectivity index (χ3v) is 2.51. The van der Waals surface area contributed by atoms with E-state index in [4.69, 9.17) is 16.9 Å². The van der Waals surface area contributed by atoms with Crippen LogP contribution in [0.4, 0.5) is 0 Å². The van der Waals surface area contributed by atoms with Gasteiger partial charge in [0.1, 0.15) is 0 Å². The Kier molecular flexibility index (Phi) is 3.33. The molecule has 0 heterocycles. The fraction of sp³-hybridized carbons (Fsp3) is 0. The van der Waals surface area contributed by atoms with E-state index in [0.717, 1.165) is 10.0 Å². The second-order valence-electron chi connectivity index (χ2n) is 2.14. The molecular weight excluding hydrogens is 237 g/mol. The summed E-state index contributed by atoms with van der Waals surface area (Å²) in [5.74, 6) is 0. The molecule has 0 amide bonds. The van der Waals surface area contributed by atoms with Crippen LogP contribution < -0.4 is 0 Å². The number of rotatable bonds is 1. The molecule has 0 aliphatic carbocycles. The lowest BCUT2D eigenvalue weighted by molar-refractivity contribution is 1.53. The van der Waals surface area contributed by atoms with Crippen LogP contribution in [-0.2, 0) is 0 Å². The maximum atomic E-state index is 8.28. The highest BCUT2D eigenvalue weighted by atomic mass is 79.9. The standard InChI is InChI=1S/C9H5BrClN/c10-8-6-7(2-1-5-12)3-4-9(8)11/h1-4,6H. The molecule has 1 aromatic carbocycles. The van der Waals surface area contributed by atoms with E-state index in [9.17, 15) is 0 Å². The quantitative estimate of drug-likeness (QED) is 0.690. The largest absolute Gasteiger partial charge is 0.193 e. The smallest absolute Gasteiger partial charge is 0.0912 e. The van der Waals surface area contributed by atoms with E-state index in [-0.39, 0.29) is 0 Å². The first-order valence-electron chi connectivity index (χ1n) is 3.25. The molecule has 0 radical (unpaired) electrons. The van der Waals surface area contributed by atoms with Crippen molar-refractivity contribution in [3.63, 3.8) is 0 Å². The third-order valence-electron chi connectivity index (χ3n) is 1.29. The predicted molar refractivity (Wildman–Crippen MR) is 53.8 cm³/mol. The molecule has 1 nitrogen and oxygen atoms in total. The molecule has 0 spiro atoms. The molecule has 0 unspecified atom stereocenters. The van der Waals surface area contributed by atoms with E-state index in [1.807, 2.05) is 18.2 Å². The van der Waals surface area contributed by atoms with Crippen LogP contribution >= 0.6 is 27.5 Å². The maximum absolute atomic E-state index is 8.28. The summed E-state index contributed by atoms with van der Waals surface area (Å²) in [6, 6.07) is 7.41. The lowest BCUT2D eigenvalue weighted by Crippen LogP contribution is -1.73. The fourth-order valence-electron chi connectivity index (χ4n) is 0.750. The highest BCUT2D eigenvalue weighted by Crippen LogP contribution is 2.23. The van der Waals surface area contributed by atoms with Gasteiger partial charge in [-0.25, -0.2) is 0 Å². The molecule has 60 valence electrons. The zero-order chi connectivity index (χ0) is 8.97. The third kappa shape index (κ3) is 2.37. The Labute approximate surface area is 84.4 Å². The van der Waals surface area contributed by atoms with Gasteiger partial charge in [-0.1, -0.05) is 17.7 Å². The van der Waals surface area contributed by atoms with Gasteiger partial charge in [-0.2, -0.15) is 5.26 Å². The Morgan fingerprint density at radius 3 is 2.83 bits per heavy atom. The highest BCUT2D eigenvalue weighted by Gasteiger charge is 1.95. The van der Waals surface area contributed by atoms with Crippen molar-refractivity contribution in [2.75, 3.05) is 0 Å². The summed E-state index contributed by atoms with van der Waals surface area (Å²) >= 11 is 9.07. The van der Waals surface area contributed by atoms with E-state index in [1.54, 1.807) is 12.1 Å². The minimum absolute atomic E-state index is 0.670. The number of nitrogens with zero attached hydrogens (tertiary/aromatic N) is 1. The van der Waals surface area contributed by atoms with Crippen molar-refractivity contribution in [2.45, 2.75) is 0 Å². The summed E-state index contributed by atoms with van der Waals surface area (Å²) in [6.45, 7) is 0. The summed E-state index contributed by atoms with van der Waals surface area (Å²) in [7, 11) is 0. The molecular formula is C9H5BrClN. The topological polar surface area (TPSA) is 23.8 Å². The van der Waals surface area contributed by atoms with E-state index in [2.05, 4.69) is 15.9 Å². The van der Waals surface area contributed by atoms with Gasteiger partial charge in [-0.3, -0.25) is 0 Å². The monoisotopic (exact) mass is 241 g/mol. The van der Waals surface area contributed by atoms with Gasteiger partial charge in [0.2, 0.25) is 0 Å². The Balaban J connectivity index is 2.99. The maximum Gasteiger partial charge on any atom is 0.0912 e. The average molecular weight is 243 g/mol. The predicted octanol–water partition coefficient (Wildman–Crippen LogP) is 3.64. The molecule has 0 aromatic heterocycles. The summed E-state index contributed by atoms with van der Waals surface area (Å²) in [5.41, 5.74) is 0.952. The molecule has 3 heteroatoms. The molecule has 0 fully saturated rings. The average Bonchev–Trinajstić information content (AvgIpc) is 2.07. The minimum Gasteiger partial charge on any atom is -0.193 e. The first kappa shape index (κ1) is 9.31. The van der Waals surface area contributed by atoms with Gasteiger partial charge in [0.15, 0.2) is 0 Å². The Morgan fingerprint density at radius 2 is 2.25 bits per heavy atom. The molecule has 0 N–H and O–H groups in total. The van der Waals surface area contributed by atoms with Crippen molar-refractivity contribution < 1.29 is 0 Å².